The Morgan fingerprint density at radius 3 is 2.77 bits per heavy atom. The van der Waals surface area contributed by atoms with E-state index in [4.69, 9.17) is 15.5 Å². The summed E-state index contributed by atoms with van der Waals surface area (Å²) in [5.41, 5.74) is 7.03. The van der Waals surface area contributed by atoms with E-state index in [1.807, 2.05) is 30.3 Å². The van der Waals surface area contributed by atoms with Crippen LogP contribution in [0.3, 0.4) is 0 Å². The lowest BCUT2D eigenvalue weighted by Crippen LogP contribution is -2.42. The number of hydrogen-bond donors (Lipinski definition) is 1. The second-order valence-electron chi connectivity index (χ2n) is 7.11. The second kappa shape index (κ2) is 6.93. The monoisotopic (exact) mass is 350 g/mol. The van der Waals surface area contributed by atoms with E-state index in [1.165, 1.54) is 0 Å². The highest BCUT2D eigenvalue weighted by Gasteiger charge is 2.39. The molecule has 2 atom stereocenters. The molecular weight excluding hydrogens is 328 g/mol. The highest BCUT2D eigenvalue weighted by molar-refractivity contribution is 5.86. The maximum absolute atomic E-state index is 11.6. The lowest BCUT2D eigenvalue weighted by Gasteiger charge is -2.36. The maximum atomic E-state index is 11.6. The quantitative estimate of drug-likeness (QED) is 0.916. The van der Waals surface area contributed by atoms with Gasteiger partial charge in [0.05, 0.1) is 29.2 Å². The summed E-state index contributed by atoms with van der Waals surface area (Å²) < 4.78 is 5.82. The van der Waals surface area contributed by atoms with Crippen LogP contribution in [-0.2, 0) is 9.53 Å². The number of nitriles is 1. The van der Waals surface area contributed by atoms with Gasteiger partial charge >= 0.3 is 0 Å². The third-order valence-corrected chi connectivity index (χ3v) is 5.65. The van der Waals surface area contributed by atoms with Crippen LogP contribution in [0.25, 0.3) is 10.9 Å². The van der Waals surface area contributed by atoms with Crippen molar-refractivity contribution >= 4 is 22.6 Å². The predicted molar refractivity (Wildman–Crippen MR) is 98.4 cm³/mol. The fourth-order valence-corrected chi connectivity index (χ4v) is 4.25. The molecule has 26 heavy (non-hydrogen) atoms. The van der Waals surface area contributed by atoms with Crippen molar-refractivity contribution < 1.29 is 9.53 Å². The van der Waals surface area contributed by atoms with Gasteiger partial charge in [0.1, 0.15) is 5.82 Å². The Balaban J connectivity index is 1.51. The molecule has 2 N–H and O–H groups in total. The van der Waals surface area contributed by atoms with Crippen molar-refractivity contribution in [1.29, 1.82) is 5.26 Å². The number of anilines is 1. The number of para-hydroxylation sites is 1. The van der Waals surface area contributed by atoms with Crippen LogP contribution in [0.2, 0.25) is 0 Å². The average molecular weight is 350 g/mol. The molecular formula is C20H22N4O2. The molecule has 0 radical (unpaired) electrons. The first-order chi connectivity index (χ1) is 12.7. The van der Waals surface area contributed by atoms with Gasteiger partial charge in [0, 0.05) is 25.1 Å². The van der Waals surface area contributed by atoms with Gasteiger partial charge < -0.3 is 15.4 Å². The number of carbonyl (C=O) groups excluding carboxylic acids is 1. The summed E-state index contributed by atoms with van der Waals surface area (Å²) in [5, 5.41) is 10.4. The number of hydrogen-bond acceptors (Lipinski definition) is 5. The first-order valence-electron chi connectivity index (χ1n) is 9.13. The highest BCUT2D eigenvalue weighted by atomic mass is 16.5. The van der Waals surface area contributed by atoms with E-state index in [0.29, 0.717) is 18.1 Å². The van der Waals surface area contributed by atoms with Gasteiger partial charge in [-0.3, -0.25) is 4.79 Å². The highest BCUT2D eigenvalue weighted by Crippen LogP contribution is 2.34. The smallest absolute Gasteiger partial charge is 0.223 e. The Morgan fingerprint density at radius 1 is 1.27 bits per heavy atom. The molecule has 1 amide bonds. The first kappa shape index (κ1) is 16.8. The van der Waals surface area contributed by atoms with Gasteiger partial charge in [-0.15, -0.1) is 0 Å². The summed E-state index contributed by atoms with van der Waals surface area (Å²) in [7, 11) is 0. The Hall–Kier alpha value is -2.65. The number of nitrogens with two attached hydrogens (primary N) is 1. The molecule has 0 aliphatic carbocycles. The van der Waals surface area contributed by atoms with Crippen LogP contribution in [0, 0.1) is 23.2 Å². The molecule has 6 heteroatoms. The molecule has 0 unspecified atom stereocenters. The molecule has 0 spiro atoms. The molecule has 0 saturated carbocycles. The summed E-state index contributed by atoms with van der Waals surface area (Å²) in [5.74, 6) is 0.792. The van der Waals surface area contributed by atoms with E-state index >= 15 is 0 Å². The van der Waals surface area contributed by atoms with Crippen molar-refractivity contribution in [2.45, 2.75) is 25.4 Å². The van der Waals surface area contributed by atoms with E-state index in [0.717, 1.165) is 49.1 Å². The van der Waals surface area contributed by atoms with Crippen molar-refractivity contribution in [3.63, 3.8) is 0 Å². The van der Waals surface area contributed by atoms with Crippen LogP contribution in [0.15, 0.2) is 30.3 Å². The summed E-state index contributed by atoms with van der Waals surface area (Å²) in [4.78, 5) is 18.6. The first-order valence-corrected chi connectivity index (χ1v) is 9.13. The zero-order valence-corrected chi connectivity index (χ0v) is 14.6. The summed E-state index contributed by atoms with van der Waals surface area (Å²) in [6.07, 6.45) is 2.56. The molecule has 134 valence electrons. The fourth-order valence-electron chi connectivity index (χ4n) is 4.25. The average Bonchev–Trinajstić information content (AvgIpc) is 3.17. The number of amides is 1. The van der Waals surface area contributed by atoms with Gasteiger partial charge in [-0.1, -0.05) is 18.2 Å². The minimum atomic E-state index is -0.246. The number of primary amides is 1. The van der Waals surface area contributed by atoms with Gasteiger partial charge in [0.25, 0.3) is 0 Å². The zero-order valence-electron chi connectivity index (χ0n) is 14.6. The lowest BCUT2D eigenvalue weighted by atomic mass is 9.84. The molecule has 2 fully saturated rings. The van der Waals surface area contributed by atoms with E-state index in [-0.39, 0.29) is 17.9 Å². The number of rotatable bonds is 3. The summed E-state index contributed by atoms with van der Waals surface area (Å²) in [6.45, 7) is 2.30. The number of fused-ring (bicyclic) bond motifs is 1. The number of piperidine rings is 1. The van der Waals surface area contributed by atoms with Crippen molar-refractivity contribution in [2.75, 3.05) is 24.6 Å². The zero-order chi connectivity index (χ0) is 18.1. The molecule has 2 aromatic rings. The van der Waals surface area contributed by atoms with Crippen LogP contribution in [-0.4, -0.2) is 36.7 Å². The molecule has 1 aromatic carbocycles. The Morgan fingerprint density at radius 2 is 2.04 bits per heavy atom. The Labute approximate surface area is 152 Å². The number of pyridine rings is 1. The largest absolute Gasteiger partial charge is 0.377 e. The Kier molecular flexibility index (Phi) is 4.48. The van der Waals surface area contributed by atoms with E-state index in [2.05, 4.69) is 11.0 Å². The molecule has 6 nitrogen and oxygen atoms in total. The SMILES string of the molecule is N#Cc1cc(N2CCC([C@H]3OCC[C@@H]3C(N)=O)CC2)nc2ccccc12. The molecule has 3 heterocycles. The number of carbonyl (C=O) groups is 1. The van der Waals surface area contributed by atoms with Gasteiger partial charge in [0.2, 0.25) is 5.91 Å². The number of benzene rings is 1. The van der Waals surface area contributed by atoms with Crippen molar-refractivity contribution in [2.24, 2.45) is 17.6 Å². The van der Waals surface area contributed by atoms with Crippen LogP contribution in [0.5, 0.6) is 0 Å². The predicted octanol–water partition coefficient (Wildman–Crippen LogP) is 2.21. The number of nitrogens with zero attached hydrogens (tertiary/aromatic N) is 3. The van der Waals surface area contributed by atoms with E-state index < -0.39 is 0 Å². The van der Waals surface area contributed by atoms with Gasteiger partial charge in [-0.2, -0.15) is 5.26 Å². The normalized spacial score (nSPS) is 23.9. The van der Waals surface area contributed by atoms with Gasteiger partial charge in [0.15, 0.2) is 0 Å². The minimum absolute atomic E-state index is 0.0473. The van der Waals surface area contributed by atoms with Gasteiger partial charge in [-0.05, 0) is 37.3 Å². The Bertz CT molecular complexity index is 868. The topological polar surface area (TPSA) is 92.2 Å². The minimum Gasteiger partial charge on any atom is -0.377 e. The van der Waals surface area contributed by atoms with Crippen LogP contribution < -0.4 is 10.6 Å². The third-order valence-electron chi connectivity index (χ3n) is 5.65. The molecule has 2 aliphatic heterocycles. The van der Waals surface area contributed by atoms with E-state index in [1.54, 1.807) is 0 Å². The maximum Gasteiger partial charge on any atom is 0.223 e. The van der Waals surface area contributed by atoms with Crippen molar-refractivity contribution in [3.8, 4) is 6.07 Å². The summed E-state index contributed by atoms with van der Waals surface area (Å²) >= 11 is 0. The van der Waals surface area contributed by atoms with Crippen LogP contribution in [0.1, 0.15) is 24.8 Å². The second-order valence-corrected chi connectivity index (χ2v) is 7.11. The van der Waals surface area contributed by atoms with Gasteiger partial charge in [-0.25, -0.2) is 4.98 Å². The number of ether oxygens (including phenoxy) is 1. The molecule has 2 saturated heterocycles. The van der Waals surface area contributed by atoms with Crippen LogP contribution in [0.4, 0.5) is 5.82 Å². The summed E-state index contributed by atoms with van der Waals surface area (Å²) in [6, 6.07) is 11.9. The number of aromatic nitrogens is 1. The molecule has 0 bridgehead atoms. The van der Waals surface area contributed by atoms with Crippen LogP contribution >= 0.6 is 0 Å². The van der Waals surface area contributed by atoms with Crippen molar-refractivity contribution in [1.82, 2.24) is 4.98 Å². The third kappa shape index (κ3) is 2.99. The molecule has 2 aliphatic rings. The lowest BCUT2D eigenvalue weighted by molar-refractivity contribution is -0.124. The fraction of sp³-hybridized carbons (Fsp3) is 0.450. The van der Waals surface area contributed by atoms with E-state index in [9.17, 15) is 10.1 Å². The molecule has 1 aromatic heterocycles. The molecule has 4 rings (SSSR count). The standard InChI is InChI=1S/C20H22N4O2/c21-12-14-11-18(23-17-4-2-1-3-15(14)17)24-8-5-13(6-9-24)19-16(20(22)25)7-10-26-19/h1-4,11,13,16,19H,5-10H2,(H2,22,25)/t16-,19+/m0/s1. The van der Waals surface area contributed by atoms with Crippen molar-refractivity contribution in [3.05, 3.63) is 35.9 Å².